The Hall–Kier alpha value is -2.60. The highest BCUT2D eigenvalue weighted by Crippen LogP contribution is 2.44. The number of hydrogen-bond donors (Lipinski definition) is 1. The topological polar surface area (TPSA) is 29.1 Å². The molecule has 2 atom stereocenters. The van der Waals surface area contributed by atoms with Crippen molar-refractivity contribution in [3.8, 4) is 0 Å². The van der Waals surface area contributed by atoms with E-state index in [1.54, 1.807) is 13.0 Å². The molecule has 1 saturated carbocycles. The van der Waals surface area contributed by atoms with Crippen molar-refractivity contribution >= 4 is 12.0 Å². The van der Waals surface area contributed by atoms with E-state index in [-0.39, 0.29) is 31.0 Å². The van der Waals surface area contributed by atoms with Crippen LogP contribution in [-0.2, 0) is 17.8 Å². The molecule has 176 valence electrons. The second-order valence-electron chi connectivity index (χ2n) is 9.51. The van der Waals surface area contributed by atoms with Crippen molar-refractivity contribution in [3.05, 3.63) is 77.4 Å². The van der Waals surface area contributed by atoms with Gasteiger partial charge in [-0.1, -0.05) is 54.6 Å². The third kappa shape index (κ3) is 5.16. The van der Waals surface area contributed by atoms with Crippen LogP contribution < -0.4 is 5.32 Å². The van der Waals surface area contributed by atoms with Crippen LogP contribution in [0.15, 0.2) is 60.7 Å². The second kappa shape index (κ2) is 9.72. The Kier molecular flexibility index (Phi) is 6.94. The molecule has 2 unspecified atom stereocenters. The van der Waals surface area contributed by atoms with E-state index in [9.17, 15) is 18.0 Å². The number of halogens is 3. The lowest BCUT2D eigenvalue weighted by molar-refractivity contribution is -1.06. The first kappa shape index (κ1) is 23.6. The van der Waals surface area contributed by atoms with Crippen molar-refractivity contribution in [2.75, 3.05) is 6.54 Å². The number of alkyl halides is 3. The van der Waals surface area contributed by atoms with Crippen LogP contribution >= 0.6 is 0 Å². The number of quaternary nitrogens is 1. The lowest BCUT2D eigenvalue weighted by Gasteiger charge is -2.49. The van der Waals surface area contributed by atoms with Gasteiger partial charge in [-0.3, -0.25) is 4.79 Å². The maximum atomic E-state index is 14.5. The third-order valence-corrected chi connectivity index (χ3v) is 7.66. The van der Waals surface area contributed by atoms with Crippen molar-refractivity contribution in [1.29, 1.82) is 0 Å². The quantitative estimate of drug-likeness (QED) is 0.340. The molecule has 1 fully saturated rings. The van der Waals surface area contributed by atoms with E-state index in [0.29, 0.717) is 32.1 Å². The smallest absolute Gasteiger partial charge is 0.350 e. The number of benzene rings is 2. The molecule has 1 N–H and O–H groups in total. The van der Waals surface area contributed by atoms with Gasteiger partial charge in [-0.15, -0.1) is 13.2 Å². The van der Waals surface area contributed by atoms with Crippen LogP contribution in [-0.4, -0.2) is 35.3 Å². The molecule has 0 aromatic heterocycles. The third-order valence-electron chi connectivity index (χ3n) is 7.66. The van der Waals surface area contributed by atoms with E-state index in [2.05, 4.69) is 5.32 Å². The summed E-state index contributed by atoms with van der Waals surface area (Å²) in [5.74, 6) is -0.160. The number of carbonyl (C=O) groups is 1. The molecule has 0 spiro atoms. The van der Waals surface area contributed by atoms with E-state index >= 15 is 0 Å². The molecule has 3 nitrogen and oxygen atoms in total. The van der Waals surface area contributed by atoms with Crippen LogP contribution in [0.1, 0.15) is 49.3 Å². The number of fused-ring (bicyclic) bond motifs is 1. The van der Waals surface area contributed by atoms with Gasteiger partial charge in [0.1, 0.15) is 6.54 Å². The molecule has 2 aromatic carbocycles. The van der Waals surface area contributed by atoms with Gasteiger partial charge < -0.3 is 5.32 Å². The molecular formula is C27H32F3N2O+. The fourth-order valence-corrected chi connectivity index (χ4v) is 5.59. The van der Waals surface area contributed by atoms with Crippen LogP contribution in [0.25, 0.3) is 6.08 Å². The number of nitrogens with one attached hydrogen (secondary N) is 1. The van der Waals surface area contributed by atoms with Gasteiger partial charge in [0, 0.05) is 30.0 Å². The SMILES string of the molecule is CC(C1CCC(NC(=O)C=Cc2ccccc2)CC1)[N+]1(C(F)(F)F)CCc2ccccc2C1. The summed E-state index contributed by atoms with van der Waals surface area (Å²) < 4.78 is 42.6. The minimum Gasteiger partial charge on any atom is -0.350 e. The zero-order valence-electron chi connectivity index (χ0n) is 19.0. The zero-order chi connectivity index (χ0) is 23.5. The predicted octanol–water partition coefficient (Wildman–Crippen LogP) is 5.86. The Labute approximate surface area is 193 Å². The van der Waals surface area contributed by atoms with Gasteiger partial charge in [-0.2, -0.15) is 0 Å². The second-order valence-corrected chi connectivity index (χ2v) is 9.51. The monoisotopic (exact) mass is 457 g/mol. The molecule has 2 aromatic rings. The molecule has 1 amide bonds. The van der Waals surface area contributed by atoms with Gasteiger partial charge in [0.15, 0.2) is 0 Å². The molecule has 1 heterocycles. The summed E-state index contributed by atoms with van der Waals surface area (Å²) in [5.41, 5.74) is 2.81. The minimum absolute atomic E-state index is 0.00935. The van der Waals surface area contributed by atoms with Crippen molar-refractivity contribution in [2.45, 2.75) is 64.0 Å². The molecule has 0 saturated heterocycles. The van der Waals surface area contributed by atoms with Crippen LogP contribution in [0.4, 0.5) is 13.2 Å². The Bertz CT molecular complexity index is 980. The number of hydrogen-bond acceptors (Lipinski definition) is 1. The summed E-state index contributed by atoms with van der Waals surface area (Å²) in [4.78, 5) is 12.3. The van der Waals surface area contributed by atoms with Gasteiger partial charge in [0.2, 0.25) is 5.91 Å². The van der Waals surface area contributed by atoms with E-state index in [4.69, 9.17) is 0 Å². The zero-order valence-corrected chi connectivity index (χ0v) is 19.0. The van der Waals surface area contributed by atoms with Gasteiger partial charge >= 0.3 is 6.30 Å². The average Bonchev–Trinajstić information content (AvgIpc) is 2.82. The number of carbonyl (C=O) groups excluding carboxylic acids is 1. The fourth-order valence-electron chi connectivity index (χ4n) is 5.59. The molecule has 4 rings (SSSR count). The van der Waals surface area contributed by atoms with Crippen molar-refractivity contribution in [3.63, 3.8) is 0 Å². The Balaban J connectivity index is 1.37. The van der Waals surface area contributed by atoms with Crippen LogP contribution in [0.3, 0.4) is 0 Å². The molecule has 0 bridgehead atoms. The van der Waals surface area contributed by atoms with Crippen molar-refractivity contribution in [1.82, 2.24) is 5.32 Å². The van der Waals surface area contributed by atoms with Gasteiger partial charge in [0.25, 0.3) is 0 Å². The molecular weight excluding hydrogens is 425 g/mol. The normalized spacial score (nSPS) is 26.5. The molecule has 2 aliphatic rings. The maximum absolute atomic E-state index is 14.5. The van der Waals surface area contributed by atoms with Crippen molar-refractivity contribution < 1.29 is 22.4 Å². The van der Waals surface area contributed by atoms with Gasteiger partial charge in [-0.05, 0) is 49.8 Å². The summed E-state index contributed by atoms with van der Waals surface area (Å²) in [6, 6.07) is 16.6. The lowest BCUT2D eigenvalue weighted by atomic mass is 9.79. The summed E-state index contributed by atoms with van der Waals surface area (Å²) in [6.07, 6.45) is 2.30. The van der Waals surface area contributed by atoms with E-state index < -0.39 is 16.8 Å². The maximum Gasteiger partial charge on any atom is 0.561 e. The van der Waals surface area contributed by atoms with E-state index in [1.165, 1.54) is 6.08 Å². The molecule has 33 heavy (non-hydrogen) atoms. The minimum atomic E-state index is -4.29. The summed E-state index contributed by atoms with van der Waals surface area (Å²) in [7, 11) is 0. The highest BCUT2D eigenvalue weighted by Gasteiger charge is 2.60. The molecule has 1 aliphatic heterocycles. The average molecular weight is 458 g/mol. The molecule has 1 aliphatic carbocycles. The predicted molar refractivity (Wildman–Crippen MR) is 124 cm³/mol. The first-order valence-corrected chi connectivity index (χ1v) is 11.8. The largest absolute Gasteiger partial charge is 0.561 e. The van der Waals surface area contributed by atoms with E-state index in [1.807, 2.05) is 54.6 Å². The highest BCUT2D eigenvalue weighted by atomic mass is 19.4. The fraction of sp³-hybridized carbons (Fsp3) is 0.444. The van der Waals surface area contributed by atoms with Crippen molar-refractivity contribution in [2.24, 2.45) is 5.92 Å². The Morgan fingerprint density at radius 2 is 1.64 bits per heavy atom. The van der Waals surface area contributed by atoms with Crippen LogP contribution in [0, 0.1) is 5.92 Å². The Morgan fingerprint density at radius 1 is 1.00 bits per heavy atom. The van der Waals surface area contributed by atoms with Crippen LogP contribution in [0.2, 0.25) is 0 Å². The molecule has 6 heteroatoms. The van der Waals surface area contributed by atoms with Gasteiger partial charge in [-0.25, -0.2) is 4.48 Å². The summed E-state index contributed by atoms with van der Waals surface area (Å²) >= 11 is 0. The lowest BCUT2D eigenvalue weighted by Crippen LogP contribution is -2.66. The number of nitrogens with zero attached hydrogens (tertiary/aromatic N) is 1. The number of amides is 1. The first-order chi connectivity index (χ1) is 15.8. The van der Waals surface area contributed by atoms with Gasteiger partial charge in [0.05, 0.1) is 12.6 Å². The highest BCUT2D eigenvalue weighted by molar-refractivity contribution is 5.91. The van der Waals surface area contributed by atoms with E-state index in [0.717, 1.165) is 16.7 Å². The standard InChI is InChI=1S/C27H31F3N2O/c1-20(32(27(28,29)30)18-17-23-9-5-6-10-24(23)19-32)22-12-14-25(15-13-22)31-26(33)16-11-21-7-3-2-4-8-21/h2-11,16,20,22,25H,12-15,17-19H2,1H3/p+1. The molecule has 0 radical (unpaired) electrons. The summed E-state index contributed by atoms with van der Waals surface area (Å²) in [6.45, 7) is 1.90. The first-order valence-electron chi connectivity index (χ1n) is 11.8. The number of rotatable bonds is 5. The van der Waals surface area contributed by atoms with Crippen LogP contribution in [0.5, 0.6) is 0 Å². The summed E-state index contributed by atoms with van der Waals surface area (Å²) in [5, 5.41) is 3.03. The Morgan fingerprint density at radius 3 is 2.30 bits per heavy atom.